The topological polar surface area (TPSA) is 6.48 Å². The second kappa shape index (κ2) is 19.4. The summed E-state index contributed by atoms with van der Waals surface area (Å²) in [5, 5.41) is 0. The van der Waals surface area contributed by atoms with Gasteiger partial charge in [0.05, 0.1) is 0 Å². The number of aryl methyl sites for hydroxylation is 6. The van der Waals surface area contributed by atoms with Crippen LogP contribution in [0.5, 0.6) is 0 Å². The van der Waals surface area contributed by atoms with Crippen LogP contribution in [0.1, 0.15) is 219 Å². The van der Waals surface area contributed by atoms with Gasteiger partial charge in [0.25, 0.3) is 6.71 Å². The average Bonchev–Trinajstić information content (AvgIpc) is 3.70. The zero-order valence-corrected chi connectivity index (χ0v) is 43.8. The van der Waals surface area contributed by atoms with Crippen LogP contribution in [-0.2, 0) is 43.9 Å². The van der Waals surface area contributed by atoms with Crippen molar-refractivity contribution in [2.24, 2.45) is 29.6 Å². The van der Waals surface area contributed by atoms with Gasteiger partial charge >= 0.3 is 0 Å². The maximum absolute atomic E-state index is 2.94. The molecule has 5 saturated carbocycles. The van der Waals surface area contributed by atoms with Crippen molar-refractivity contribution in [1.29, 1.82) is 0 Å². The van der Waals surface area contributed by atoms with Crippen LogP contribution >= 0.6 is 0 Å². The number of fused-ring (bicyclic) bond motifs is 8. The molecule has 0 aromatic heterocycles. The highest BCUT2D eigenvalue weighted by molar-refractivity contribution is 7.00. The molecule has 15 rings (SSSR count). The van der Waals surface area contributed by atoms with E-state index in [1.807, 2.05) is 0 Å². The molecule has 0 radical (unpaired) electrons. The highest BCUT2D eigenvalue weighted by atomic mass is 15.2. The molecule has 2 heterocycles. The summed E-state index contributed by atoms with van der Waals surface area (Å²) < 4.78 is 0. The second-order valence-corrected chi connectivity index (χ2v) is 26.0. The lowest BCUT2D eigenvalue weighted by Crippen LogP contribution is -2.62. The van der Waals surface area contributed by atoms with Crippen molar-refractivity contribution >= 4 is 51.5 Å². The molecule has 0 spiro atoms. The molecule has 2 unspecified atom stereocenters. The van der Waals surface area contributed by atoms with E-state index in [9.17, 15) is 0 Å². The molecule has 2 atom stereocenters. The first-order valence-corrected chi connectivity index (χ1v) is 30.7. The molecule has 3 heteroatoms. The van der Waals surface area contributed by atoms with Gasteiger partial charge in [-0.25, -0.2) is 0 Å². The highest BCUT2D eigenvalue weighted by Crippen LogP contribution is 2.62. The summed E-state index contributed by atoms with van der Waals surface area (Å²) in [6.07, 6.45) is 54.2. The van der Waals surface area contributed by atoms with E-state index in [-0.39, 0.29) is 12.1 Å². The van der Waals surface area contributed by atoms with E-state index < -0.39 is 0 Å². The highest BCUT2D eigenvalue weighted by Gasteiger charge is 2.53. The smallest absolute Gasteiger partial charge is 0.252 e. The van der Waals surface area contributed by atoms with Crippen LogP contribution < -0.4 is 26.2 Å². The maximum Gasteiger partial charge on any atom is 0.252 e. The fourth-order valence-corrected chi connectivity index (χ4v) is 18.0. The van der Waals surface area contributed by atoms with E-state index in [2.05, 4.69) is 82.6 Å². The van der Waals surface area contributed by atoms with Crippen LogP contribution in [0.25, 0.3) is 0 Å². The van der Waals surface area contributed by atoms with Crippen LogP contribution in [-0.4, -0.2) is 6.71 Å². The normalized spacial score (nSPS) is 29.3. The first-order valence-electron chi connectivity index (χ1n) is 30.7. The standard InChI is InChI=1S/C68H85BN2/c1-5-13-21-50-29-31-59(36-52(50)23-15-7-1)70-63-40-56-27-19-11-3-9-17-25-54(56)38-61(63)69-62-39-55-26-18-10-4-12-20-28-57(55)41-64(62)71(60-32-30-51-22-14-6-2-8-16-24-53(51)37-60)66-43-58(42-65(70)67(66)69)68-44-47-33-48(45-68)35-49(34-47)46-68/h29-32,36-43,47-50,52H,1-28,33-35,44-46H2. The summed E-state index contributed by atoms with van der Waals surface area (Å²) in [5.41, 5.74) is 25.6. The Kier molecular flexibility index (Phi) is 12.5. The predicted octanol–water partition coefficient (Wildman–Crippen LogP) is 16.5. The molecule has 370 valence electrons. The number of benzene rings is 4. The van der Waals surface area contributed by atoms with Gasteiger partial charge in [-0.3, -0.25) is 0 Å². The SMILES string of the molecule is C1=CC2CCCCCCCC2C=C1N1c2cc3c(cc2B2c4cc5c(cc4N(c4ccc6c(c4)CCCCCCC6)c4cc(C67CC8CC(CC(C8)C6)C7)cc1c42)CCCCCCC5)CCCCCCC3. The largest absolute Gasteiger partial charge is 0.312 e. The van der Waals surface area contributed by atoms with E-state index >= 15 is 0 Å². The summed E-state index contributed by atoms with van der Waals surface area (Å²) in [5.74, 6) is 4.02. The lowest BCUT2D eigenvalue weighted by molar-refractivity contribution is -0.00514. The zero-order valence-electron chi connectivity index (χ0n) is 43.8. The van der Waals surface area contributed by atoms with Crippen LogP contribution in [0.3, 0.4) is 0 Å². The summed E-state index contributed by atoms with van der Waals surface area (Å²) in [6.45, 7) is 0.220. The van der Waals surface area contributed by atoms with Gasteiger partial charge < -0.3 is 9.80 Å². The molecule has 0 saturated heterocycles. The van der Waals surface area contributed by atoms with E-state index in [4.69, 9.17) is 0 Å². The van der Waals surface area contributed by atoms with E-state index in [1.54, 1.807) is 55.3 Å². The number of anilines is 5. The fourth-order valence-electron chi connectivity index (χ4n) is 18.0. The van der Waals surface area contributed by atoms with Crippen molar-refractivity contribution in [3.8, 4) is 0 Å². The molecule has 4 bridgehead atoms. The second-order valence-electron chi connectivity index (χ2n) is 26.0. The predicted molar refractivity (Wildman–Crippen MR) is 302 cm³/mol. The van der Waals surface area contributed by atoms with Crippen LogP contribution in [0, 0.1) is 29.6 Å². The molecule has 11 aliphatic rings. The van der Waals surface area contributed by atoms with E-state index in [1.165, 1.54) is 252 Å². The Morgan fingerprint density at radius 2 is 0.859 bits per heavy atom. The van der Waals surface area contributed by atoms with Gasteiger partial charge in [-0.2, -0.15) is 0 Å². The summed E-state index contributed by atoms with van der Waals surface area (Å²) in [6, 6.07) is 24.9. The van der Waals surface area contributed by atoms with Gasteiger partial charge in [-0.15, -0.1) is 0 Å². The molecule has 4 aromatic rings. The minimum absolute atomic E-state index is 0.220. The number of hydrogen-bond donors (Lipinski definition) is 0. The summed E-state index contributed by atoms with van der Waals surface area (Å²) in [4.78, 5) is 5.85. The molecule has 2 aliphatic heterocycles. The van der Waals surface area contributed by atoms with Gasteiger partial charge in [-0.1, -0.05) is 120 Å². The average molecular weight is 941 g/mol. The van der Waals surface area contributed by atoms with Gasteiger partial charge in [0, 0.05) is 34.1 Å². The number of rotatable bonds is 3. The van der Waals surface area contributed by atoms with E-state index in [0.29, 0.717) is 11.8 Å². The van der Waals surface area contributed by atoms with Crippen LogP contribution in [0.15, 0.2) is 78.5 Å². The molecular weight excluding hydrogens is 856 g/mol. The molecule has 9 aliphatic carbocycles. The van der Waals surface area contributed by atoms with Gasteiger partial charge in [0.15, 0.2) is 0 Å². The summed E-state index contributed by atoms with van der Waals surface area (Å²) in [7, 11) is 0. The fraction of sp³-hybridized carbons (Fsp3) is 0.588. The van der Waals surface area contributed by atoms with Crippen LogP contribution in [0.2, 0.25) is 0 Å². The van der Waals surface area contributed by atoms with Crippen LogP contribution in [0.4, 0.5) is 28.4 Å². The van der Waals surface area contributed by atoms with Crippen molar-refractivity contribution in [3.05, 3.63) is 117 Å². The number of allylic oxidation sites excluding steroid dienone is 3. The third-order valence-corrected chi connectivity index (χ3v) is 21.3. The zero-order chi connectivity index (χ0) is 46.9. The van der Waals surface area contributed by atoms with Gasteiger partial charge in [0.1, 0.15) is 0 Å². The minimum Gasteiger partial charge on any atom is -0.312 e. The lowest BCUT2D eigenvalue weighted by atomic mass is 9.33. The van der Waals surface area contributed by atoms with Gasteiger partial charge in [-0.05, 0) is 261 Å². The Morgan fingerprint density at radius 1 is 0.408 bits per heavy atom. The van der Waals surface area contributed by atoms with Crippen molar-refractivity contribution in [2.75, 3.05) is 9.80 Å². The molecule has 4 aromatic carbocycles. The Morgan fingerprint density at radius 3 is 1.42 bits per heavy atom. The Balaban J connectivity index is 1.05. The molecule has 0 N–H and O–H groups in total. The first-order chi connectivity index (χ1) is 35.1. The Labute approximate surface area is 430 Å². The Bertz CT molecular complexity index is 2680. The molecular formula is C68H85BN2. The monoisotopic (exact) mass is 941 g/mol. The quantitative estimate of drug-likeness (QED) is 0.166. The Hall–Kier alpha value is -3.98. The maximum atomic E-state index is 2.94. The van der Waals surface area contributed by atoms with Gasteiger partial charge in [0.2, 0.25) is 0 Å². The molecule has 2 nitrogen and oxygen atoms in total. The molecule has 0 amide bonds. The van der Waals surface area contributed by atoms with Crippen molar-refractivity contribution in [2.45, 2.75) is 224 Å². The lowest BCUT2D eigenvalue weighted by Gasteiger charge is -2.57. The van der Waals surface area contributed by atoms with Crippen molar-refractivity contribution in [3.63, 3.8) is 0 Å². The van der Waals surface area contributed by atoms with Crippen molar-refractivity contribution < 1.29 is 0 Å². The first kappa shape index (κ1) is 45.6. The van der Waals surface area contributed by atoms with Crippen molar-refractivity contribution in [1.82, 2.24) is 0 Å². The third kappa shape index (κ3) is 8.44. The van der Waals surface area contributed by atoms with E-state index in [0.717, 1.165) is 17.8 Å². The third-order valence-electron chi connectivity index (χ3n) is 21.3. The summed E-state index contributed by atoms with van der Waals surface area (Å²) >= 11 is 0. The number of nitrogens with zero attached hydrogens (tertiary/aromatic N) is 2. The minimum atomic E-state index is 0.220. The molecule has 71 heavy (non-hydrogen) atoms. The number of hydrogen-bond acceptors (Lipinski definition) is 2. The molecule has 5 fully saturated rings.